The molecule has 0 aliphatic carbocycles. The quantitative estimate of drug-likeness (QED) is 0.918. The third-order valence-electron chi connectivity index (χ3n) is 4.02. The number of halogens is 1. The van der Waals surface area contributed by atoms with Crippen molar-refractivity contribution in [3.8, 4) is 0 Å². The number of aliphatic hydroxyl groups excluding tert-OH is 1. The Bertz CT molecular complexity index is 474. The van der Waals surface area contributed by atoms with Crippen LogP contribution >= 0.6 is 0 Å². The Kier molecular flexibility index (Phi) is 4.66. The van der Waals surface area contributed by atoms with Crippen LogP contribution in [0.2, 0.25) is 0 Å². The molecule has 1 aliphatic heterocycles. The van der Waals surface area contributed by atoms with Crippen LogP contribution in [0.25, 0.3) is 0 Å². The molecule has 2 unspecified atom stereocenters. The first-order valence-corrected chi connectivity index (χ1v) is 7.29. The van der Waals surface area contributed by atoms with Crippen LogP contribution in [0.1, 0.15) is 37.0 Å². The average molecular weight is 280 g/mol. The van der Waals surface area contributed by atoms with Crippen LogP contribution in [-0.2, 0) is 0 Å². The Balaban J connectivity index is 2.37. The van der Waals surface area contributed by atoms with Crippen LogP contribution in [-0.4, -0.2) is 43.2 Å². The molecule has 1 aromatic rings. The molecule has 2 rings (SSSR count). The first kappa shape index (κ1) is 15.3. The second-order valence-electron chi connectivity index (χ2n) is 6.09. The smallest absolute Gasteiger partial charge is 0.126 e. The second-order valence-corrected chi connectivity index (χ2v) is 6.09. The van der Waals surface area contributed by atoms with Gasteiger partial charge in [-0.15, -0.1) is 0 Å². The minimum atomic E-state index is -0.652. The predicted molar refractivity (Wildman–Crippen MR) is 80.7 cm³/mol. The minimum Gasteiger partial charge on any atom is -0.389 e. The van der Waals surface area contributed by atoms with Gasteiger partial charge in [-0.05, 0) is 58.5 Å². The van der Waals surface area contributed by atoms with E-state index in [0.717, 1.165) is 31.6 Å². The summed E-state index contributed by atoms with van der Waals surface area (Å²) in [4.78, 5) is 4.51. The van der Waals surface area contributed by atoms with Gasteiger partial charge in [0.1, 0.15) is 5.82 Å². The van der Waals surface area contributed by atoms with Gasteiger partial charge in [0.25, 0.3) is 0 Å². The summed E-state index contributed by atoms with van der Waals surface area (Å²) in [5, 5.41) is 9.94. The highest BCUT2D eigenvalue weighted by Crippen LogP contribution is 2.34. The monoisotopic (exact) mass is 280 g/mol. The SMILES string of the molecule is Cc1cc(N2CCCC2CN(C)C)c(C(C)O)cc1F. The van der Waals surface area contributed by atoms with Crippen molar-refractivity contribution in [1.29, 1.82) is 0 Å². The van der Waals surface area contributed by atoms with E-state index in [0.29, 0.717) is 17.2 Å². The summed E-state index contributed by atoms with van der Waals surface area (Å²) in [6.07, 6.45) is 1.64. The van der Waals surface area contributed by atoms with Crippen LogP contribution in [0.3, 0.4) is 0 Å². The lowest BCUT2D eigenvalue weighted by Gasteiger charge is -2.31. The van der Waals surface area contributed by atoms with E-state index in [9.17, 15) is 9.50 Å². The van der Waals surface area contributed by atoms with Gasteiger partial charge in [0.05, 0.1) is 6.10 Å². The molecule has 1 aliphatic rings. The lowest BCUT2D eigenvalue weighted by Crippen LogP contribution is -2.38. The highest BCUT2D eigenvalue weighted by Gasteiger charge is 2.28. The number of hydrogen-bond donors (Lipinski definition) is 1. The van der Waals surface area contributed by atoms with Crippen molar-refractivity contribution in [3.63, 3.8) is 0 Å². The minimum absolute atomic E-state index is 0.243. The summed E-state index contributed by atoms with van der Waals surface area (Å²) in [6, 6.07) is 3.80. The van der Waals surface area contributed by atoms with E-state index in [-0.39, 0.29) is 5.82 Å². The van der Waals surface area contributed by atoms with E-state index >= 15 is 0 Å². The van der Waals surface area contributed by atoms with Crippen molar-refractivity contribution >= 4 is 5.69 Å². The van der Waals surface area contributed by atoms with E-state index in [4.69, 9.17) is 0 Å². The zero-order chi connectivity index (χ0) is 14.9. The third-order valence-corrected chi connectivity index (χ3v) is 4.02. The number of rotatable bonds is 4. The average Bonchev–Trinajstić information content (AvgIpc) is 2.79. The molecule has 0 bridgehead atoms. The Labute approximate surface area is 121 Å². The summed E-state index contributed by atoms with van der Waals surface area (Å²) in [7, 11) is 4.14. The summed E-state index contributed by atoms with van der Waals surface area (Å²) >= 11 is 0. The molecule has 0 aromatic heterocycles. The summed E-state index contributed by atoms with van der Waals surface area (Å²) in [5.41, 5.74) is 2.32. The Morgan fingerprint density at radius 1 is 1.45 bits per heavy atom. The maximum absolute atomic E-state index is 13.8. The first-order valence-electron chi connectivity index (χ1n) is 7.29. The number of benzene rings is 1. The van der Waals surface area contributed by atoms with Crippen LogP contribution in [0, 0.1) is 12.7 Å². The van der Waals surface area contributed by atoms with Gasteiger partial charge in [0.2, 0.25) is 0 Å². The lowest BCUT2D eigenvalue weighted by molar-refractivity contribution is 0.199. The Morgan fingerprint density at radius 2 is 2.15 bits per heavy atom. The maximum atomic E-state index is 13.8. The fourth-order valence-corrected chi connectivity index (χ4v) is 3.03. The molecule has 1 N–H and O–H groups in total. The number of anilines is 1. The predicted octanol–water partition coefficient (Wildman–Crippen LogP) is 2.72. The molecule has 1 heterocycles. The molecule has 0 radical (unpaired) electrons. The van der Waals surface area contributed by atoms with Gasteiger partial charge in [0.15, 0.2) is 0 Å². The molecule has 2 atom stereocenters. The Hall–Kier alpha value is -1.13. The normalized spacial score (nSPS) is 20.8. The number of aliphatic hydroxyl groups is 1. The van der Waals surface area contributed by atoms with Gasteiger partial charge in [0, 0.05) is 30.4 Å². The lowest BCUT2D eigenvalue weighted by atomic mass is 10.0. The number of likely N-dealkylation sites (N-methyl/N-ethyl adjacent to an activating group) is 1. The first-order chi connectivity index (χ1) is 9.40. The van der Waals surface area contributed by atoms with E-state index < -0.39 is 6.10 Å². The molecular formula is C16H25FN2O. The summed E-state index contributed by atoms with van der Waals surface area (Å²) in [6.45, 7) is 5.44. The van der Waals surface area contributed by atoms with Gasteiger partial charge < -0.3 is 14.9 Å². The van der Waals surface area contributed by atoms with Crippen LogP contribution in [0.5, 0.6) is 0 Å². The molecular weight excluding hydrogens is 255 g/mol. The fourth-order valence-electron chi connectivity index (χ4n) is 3.03. The summed E-state index contributed by atoms with van der Waals surface area (Å²) < 4.78 is 13.8. The highest BCUT2D eigenvalue weighted by molar-refractivity contribution is 5.58. The molecule has 4 heteroatoms. The molecule has 0 amide bonds. The number of aryl methyl sites for hydroxylation is 1. The molecule has 20 heavy (non-hydrogen) atoms. The van der Waals surface area contributed by atoms with Crippen molar-refractivity contribution in [2.75, 3.05) is 32.1 Å². The second kappa shape index (κ2) is 6.10. The van der Waals surface area contributed by atoms with Gasteiger partial charge in [-0.3, -0.25) is 0 Å². The maximum Gasteiger partial charge on any atom is 0.126 e. The van der Waals surface area contributed by atoms with E-state index in [1.165, 1.54) is 6.07 Å². The number of nitrogens with zero attached hydrogens (tertiary/aromatic N) is 2. The largest absolute Gasteiger partial charge is 0.389 e. The third kappa shape index (κ3) is 3.13. The van der Waals surface area contributed by atoms with Crippen LogP contribution < -0.4 is 4.90 Å². The molecule has 1 saturated heterocycles. The summed E-state index contributed by atoms with van der Waals surface area (Å²) in [5.74, 6) is -0.243. The zero-order valence-electron chi connectivity index (χ0n) is 12.9. The fraction of sp³-hybridized carbons (Fsp3) is 0.625. The molecule has 112 valence electrons. The van der Waals surface area contributed by atoms with Gasteiger partial charge in [-0.2, -0.15) is 0 Å². The van der Waals surface area contributed by atoms with Gasteiger partial charge in [-0.1, -0.05) is 0 Å². The van der Waals surface area contributed by atoms with Gasteiger partial charge in [-0.25, -0.2) is 4.39 Å². The number of hydrogen-bond acceptors (Lipinski definition) is 3. The van der Waals surface area contributed by atoms with Crippen molar-refractivity contribution in [2.45, 2.75) is 38.8 Å². The van der Waals surface area contributed by atoms with E-state index in [1.54, 1.807) is 13.8 Å². The van der Waals surface area contributed by atoms with Crippen molar-refractivity contribution in [1.82, 2.24) is 4.90 Å². The zero-order valence-corrected chi connectivity index (χ0v) is 12.9. The van der Waals surface area contributed by atoms with Crippen molar-refractivity contribution in [3.05, 3.63) is 29.1 Å². The molecule has 3 nitrogen and oxygen atoms in total. The molecule has 0 spiro atoms. The molecule has 1 aromatic carbocycles. The standard InChI is InChI=1S/C16H25FN2O/c1-11-8-16(14(12(2)20)9-15(11)17)19-7-5-6-13(19)10-18(3)4/h8-9,12-13,20H,5-7,10H2,1-4H3. The molecule has 0 saturated carbocycles. The van der Waals surface area contributed by atoms with Crippen molar-refractivity contribution < 1.29 is 9.50 Å². The topological polar surface area (TPSA) is 26.7 Å². The Morgan fingerprint density at radius 3 is 2.75 bits per heavy atom. The van der Waals surface area contributed by atoms with E-state index in [2.05, 4.69) is 23.9 Å². The highest BCUT2D eigenvalue weighted by atomic mass is 19.1. The van der Waals surface area contributed by atoms with E-state index in [1.807, 2.05) is 6.07 Å². The molecule has 1 fully saturated rings. The van der Waals surface area contributed by atoms with Crippen LogP contribution in [0.15, 0.2) is 12.1 Å². The van der Waals surface area contributed by atoms with Gasteiger partial charge >= 0.3 is 0 Å². The van der Waals surface area contributed by atoms with Crippen molar-refractivity contribution in [2.24, 2.45) is 0 Å². The van der Waals surface area contributed by atoms with Crippen LogP contribution in [0.4, 0.5) is 10.1 Å².